The average molecular weight is 466 g/mol. The molecule has 0 saturated heterocycles. The highest BCUT2D eigenvalue weighted by Gasteiger charge is 2.36. The van der Waals surface area contributed by atoms with Gasteiger partial charge >= 0.3 is 0 Å². The number of carbonyl (C=O) groups excluding carboxylic acids is 1. The molecule has 0 fully saturated rings. The van der Waals surface area contributed by atoms with Crippen LogP contribution in [0.15, 0.2) is 28.7 Å². The Morgan fingerprint density at radius 2 is 2.03 bits per heavy atom. The van der Waals surface area contributed by atoms with Crippen LogP contribution in [0.5, 0.6) is 11.8 Å². The summed E-state index contributed by atoms with van der Waals surface area (Å²) in [6.07, 6.45) is 0. The fourth-order valence-corrected chi connectivity index (χ4v) is 4.49. The van der Waals surface area contributed by atoms with E-state index in [9.17, 15) is 4.79 Å². The van der Waals surface area contributed by atoms with Gasteiger partial charge in [0.05, 0.1) is 34.5 Å². The standard InChI is InChI=1S/C23H20ClN5O4/c1-10-8-25-17-16-11-4-7-15(27-13(11)5-6-14(16)32-18(17)20(30)26-10)33-21-12-9-31-23(2,3)19(12)28-22(24)29-21/h4-7,10,25H,8-9H2,1-3H3,(H,26,30). The Bertz CT molecular complexity index is 1460. The molecule has 0 spiro atoms. The van der Waals surface area contributed by atoms with Crippen LogP contribution in [-0.4, -0.2) is 33.4 Å². The second kappa shape index (κ2) is 7.03. The minimum Gasteiger partial charge on any atom is -0.449 e. The lowest BCUT2D eigenvalue weighted by Gasteiger charge is -2.17. The van der Waals surface area contributed by atoms with Gasteiger partial charge in [0.1, 0.15) is 11.2 Å². The summed E-state index contributed by atoms with van der Waals surface area (Å²) in [5, 5.41) is 7.99. The van der Waals surface area contributed by atoms with Crippen LogP contribution in [0.4, 0.5) is 5.69 Å². The maximum atomic E-state index is 12.5. The largest absolute Gasteiger partial charge is 0.449 e. The third-order valence-corrected chi connectivity index (χ3v) is 6.13. The van der Waals surface area contributed by atoms with E-state index in [4.69, 9.17) is 25.5 Å². The number of nitrogens with zero attached hydrogens (tertiary/aromatic N) is 3. The molecule has 0 saturated carbocycles. The Morgan fingerprint density at radius 3 is 2.88 bits per heavy atom. The van der Waals surface area contributed by atoms with Gasteiger partial charge in [0.2, 0.25) is 22.8 Å². The van der Waals surface area contributed by atoms with Crippen molar-refractivity contribution in [2.24, 2.45) is 0 Å². The molecule has 1 amide bonds. The summed E-state index contributed by atoms with van der Waals surface area (Å²) in [5.41, 5.74) is 2.87. The number of amides is 1. The third kappa shape index (κ3) is 3.19. The van der Waals surface area contributed by atoms with Crippen LogP contribution in [0.2, 0.25) is 5.28 Å². The number of nitrogens with one attached hydrogen (secondary N) is 2. The number of hydrogen-bond acceptors (Lipinski definition) is 8. The predicted molar refractivity (Wildman–Crippen MR) is 122 cm³/mol. The van der Waals surface area contributed by atoms with Crippen molar-refractivity contribution in [3.05, 3.63) is 46.6 Å². The minimum absolute atomic E-state index is 0.0152. The van der Waals surface area contributed by atoms with Crippen molar-refractivity contribution in [3.8, 4) is 11.8 Å². The molecule has 1 atom stereocenters. The number of furan rings is 1. The highest BCUT2D eigenvalue weighted by Crippen LogP contribution is 2.41. The fourth-order valence-electron chi connectivity index (χ4n) is 4.33. The molecule has 2 N–H and O–H groups in total. The van der Waals surface area contributed by atoms with E-state index in [0.717, 1.165) is 16.3 Å². The molecule has 6 rings (SSSR count). The van der Waals surface area contributed by atoms with E-state index in [1.807, 2.05) is 32.9 Å². The van der Waals surface area contributed by atoms with E-state index in [0.29, 0.717) is 47.4 Å². The van der Waals surface area contributed by atoms with Gasteiger partial charge in [0, 0.05) is 24.0 Å². The van der Waals surface area contributed by atoms with Gasteiger partial charge in [-0.25, -0.2) is 9.97 Å². The van der Waals surface area contributed by atoms with Gasteiger partial charge in [0.25, 0.3) is 5.91 Å². The van der Waals surface area contributed by atoms with Crippen LogP contribution >= 0.6 is 11.6 Å². The summed E-state index contributed by atoms with van der Waals surface area (Å²) >= 11 is 6.14. The highest BCUT2D eigenvalue weighted by molar-refractivity contribution is 6.28. The second-order valence-corrected chi connectivity index (χ2v) is 9.08. The molecule has 4 aromatic rings. The molecule has 0 radical (unpaired) electrons. The highest BCUT2D eigenvalue weighted by atomic mass is 35.5. The molecule has 3 aromatic heterocycles. The topological polar surface area (TPSA) is 111 Å². The first kappa shape index (κ1) is 20.2. The number of ether oxygens (including phenoxy) is 2. The molecule has 0 aliphatic carbocycles. The summed E-state index contributed by atoms with van der Waals surface area (Å²) in [4.78, 5) is 25.8. The summed E-state index contributed by atoms with van der Waals surface area (Å²) in [6.45, 7) is 6.71. The number of aromatic nitrogens is 3. The predicted octanol–water partition coefficient (Wildman–Crippen LogP) is 4.53. The molecule has 9 nitrogen and oxygen atoms in total. The van der Waals surface area contributed by atoms with Gasteiger partial charge in [-0.15, -0.1) is 0 Å². The molecule has 10 heteroatoms. The SMILES string of the molecule is CC1CNc2c(oc3ccc4nc(Oc5nc(Cl)nc6c5COC6(C)C)ccc4c23)C(=O)N1. The van der Waals surface area contributed by atoms with Gasteiger partial charge in [-0.2, -0.15) is 4.98 Å². The van der Waals surface area contributed by atoms with Crippen LogP contribution in [-0.2, 0) is 16.9 Å². The Labute approximate surface area is 193 Å². The number of halogens is 1. The first-order chi connectivity index (χ1) is 15.8. The second-order valence-electron chi connectivity index (χ2n) is 8.74. The molecule has 2 aliphatic rings. The summed E-state index contributed by atoms with van der Waals surface area (Å²) in [5.74, 6) is 0.723. The lowest BCUT2D eigenvalue weighted by molar-refractivity contribution is -0.0102. The molecule has 5 heterocycles. The zero-order valence-corrected chi connectivity index (χ0v) is 18.9. The maximum absolute atomic E-state index is 12.5. The first-order valence-electron chi connectivity index (χ1n) is 10.6. The van der Waals surface area contributed by atoms with Crippen molar-refractivity contribution in [1.82, 2.24) is 20.3 Å². The van der Waals surface area contributed by atoms with E-state index in [-0.39, 0.29) is 23.0 Å². The lowest BCUT2D eigenvalue weighted by atomic mass is 10.0. The summed E-state index contributed by atoms with van der Waals surface area (Å²) in [6, 6.07) is 7.27. The van der Waals surface area contributed by atoms with Crippen LogP contribution < -0.4 is 15.4 Å². The van der Waals surface area contributed by atoms with Gasteiger partial charge in [-0.05, 0) is 50.6 Å². The van der Waals surface area contributed by atoms with Crippen molar-refractivity contribution < 1.29 is 18.7 Å². The Balaban J connectivity index is 1.44. The molecular formula is C23H20ClN5O4. The molecule has 168 valence electrons. The van der Waals surface area contributed by atoms with Crippen molar-refractivity contribution in [2.75, 3.05) is 11.9 Å². The molecule has 1 aromatic carbocycles. The maximum Gasteiger partial charge on any atom is 0.289 e. The quantitative estimate of drug-likeness (QED) is 0.415. The van der Waals surface area contributed by atoms with E-state index in [1.54, 1.807) is 12.1 Å². The zero-order valence-electron chi connectivity index (χ0n) is 18.2. The van der Waals surface area contributed by atoms with Gasteiger partial charge in [-0.3, -0.25) is 4.79 Å². The van der Waals surface area contributed by atoms with Crippen molar-refractivity contribution in [2.45, 2.75) is 39.0 Å². The normalized spacial score (nSPS) is 19.0. The van der Waals surface area contributed by atoms with Crippen LogP contribution in [0.25, 0.3) is 21.9 Å². The number of pyridine rings is 1. The Morgan fingerprint density at radius 1 is 1.18 bits per heavy atom. The van der Waals surface area contributed by atoms with Crippen LogP contribution in [0.1, 0.15) is 42.6 Å². The van der Waals surface area contributed by atoms with E-state index >= 15 is 0 Å². The molecule has 2 aliphatic heterocycles. The number of rotatable bonds is 2. The van der Waals surface area contributed by atoms with Crippen LogP contribution in [0, 0.1) is 0 Å². The molecular weight excluding hydrogens is 446 g/mol. The summed E-state index contributed by atoms with van der Waals surface area (Å²) < 4.78 is 17.7. The van der Waals surface area contributed by atoms with Crippen molar-refractivity contribution in [1.29, 1.82) is 0 Å². The third-order valence-electron chi connectivity index (χ3n) is 5.96. The molecule has 1 unspecified atom stereocenters. The monoisotopic (exact) mass is 465 g/mol. The van der Waals surface area contributed by atoms with Crippen molar-refractivity contribution in [3.63, 3.8) is 0 Å². The van der Waals surface area contributed by atoms with Crippen molar-refractivity contribution >= 4 is 45.1 Å². The smallest absolute Gasteiger partial charge is 0.289 e. The Kier molecular flexibility index (Phi) is 4.30. The fraction of sp³-hybridized carbons (Fsp3) is 0.304. The van der Waals surface area contributed by atoms with E-state index in [2.05, 4.69) is 25.6 Å². The number of hydrogen-bond donors (Lipinski definition) is 2. The Hall–Kier alpha value is -3.43. The first-order valence-corrected chi connectivity index (χ1v) is 11.0. The number of fused-ring (bicyclic) bond motifs is 6. The molecule has 33 heavy (non-hydrogen) atoms. The van der Waals surface area contributed by atoms with Crippen LogP contribution in [0.3, 0.4) is 0 Å². The average Bonchev–Trinajstić information content (AvgIpc) is 3.25. The number of benzene rings is 1. The van der Waals surface area contributed by atoms with E-state index < -0.39 is 5.60 Å². The van der Waals surface area contributed by atoms with E-state index in [1.165, 1.54) is 0 Å². The molecule has 0 bridgehead atoms. The van der Waals surface area contributed by atoms with Gasteiger partial charge in [-0.1, -0.05) is 0 Å². The number of anilines is 1. The lowest BCUT2D eigenvalue weighted by Crippen LogP contribution is -2.34. The zero-order chi connectivity index (χ0) is 22.9. The minimum atomic E-state index is -0.571. The van der Waals surface area contributed by atoms with Gasteiger partial charge < -0.3 is 24.5 Å². The summed E-state index contributed by atoms with van der Waals surface area (Å²) in [7, 11) is 0. The number of carbonyl (C=O) groups is 1. The van der Waals surface area contributed by atoms with Gasteiger partial charge in [0.15, 0.2) is 0 Å².